The van der Waals surface area contributed by atoms with Gasteiger partial charge in [-0.25, -0.2) is 0 Å². The average Bonchev–Trinajstić information content (AvgIpc) is 2.29. The van der Waals surface area contributed by atoms with Crippen molar-refractivity contribution >= 4 is 17.2 Å². The third-order valence-electron chi connectivity index (χ3n) is 2.18. The molecule has 0 unspecified atom stereocenters. The number of nitrogens with two attached hydrogens (primary N) is 1. The Hall–Kier alpha value is -0.970. The number of hydrogen-bond acceptors (Lipinski definition) is 3. The van der Waals surface area contributed by atoms with Gasteiger partial charge in [0.15, 0.2) is 0 Å². The van der Waals surface area contributed by atoms with Gasteiger partial charge in [0, 0.05) is 25.9 Å². The Morgan fingerprint density at radius 1 is 1.31 bits per heavy atom. The molecular formula is C12H17NO2S. The van der Waals surface area contributed by atoms with Crippen molar-refractivity contribution in [1.29, 1.82) is 0 Å². The fourth-order valence-electron chi connectivity index (χ4n) is 1.37. The van der Waals surface area contributed by atoms with Crippen LogP contribution in [0, 0.1) is 0 Å². The normalized spacial score (nSPS) is 10.3. The molecule has 3 nitrogen and oxygen atoms in total. The Morgan fingerprint density at radius 3 is 2.75 bits per heavy atom. The molecular weight excluding hydrogens is 222 g/mol. The number of benzene rings is 1. The van der Waals surface area contributed by atoms with Gasteiger partial charge in [-0.1, -0.05) is 36.5 Å². The number of rotatable bonds is 7. The second-order valence-corrected chi connectivity index (χ2v) is 3.86. The zero-order valence-electron chi connectivity index (χ0n) is 9.44. The van der Waals surface area contributed by atoms with Crippen LogP contribution < -0.4 is 5.73 Å². The molecule has 0 atom stereocenters. The topological polar surface area (TPSA) is 44.5 Å². The highest BCUT2D eigenvalue weighted by molar-refractivity contribution is 7.80. The van der Waals surface area contributed by atoms with Crippen molar-refractivity contribution in [3.8, 4) is 0 Å². The van der Waals surface area contributed by atoms with Crippen LogP contribution in [-0.2, 0) is 16.1 Å². The molecule has 0 radical (unpaired) electrons. The quantitative estimate of drug-likeness (QED) is 0.583. The summed E-state index contributed by atoms with van der Waals surface area (Å²) in [5.41, 5.74) is 7.55. The second kappa shape index (κ2) is 7.33. The summed E-state index contributed by atoms with van der Waals surface area (Å²) in [6, 6.07) is 7.76. The van der Waals surface area contributed by atoms with Gasteiger partial charge in [-0.05, 0) is 12.0 Å². The van der Waals surface area contributed by atoms with Crippen molar-refractivity contribution < 1.29 is 9.47 Å². The van der Waals surface area contributed by atoms with Gasteiger partial charge in [-0.3, -0.25) is 0 Å². The summed E-state index contributed by atoms with van der Waals surface area (Å²) >= 11 is 4.97. The molecule has 88 valence electrons. The number of ether oxygens (including phenoxy) is 2. The molecule has 2 N–H and O–H groups in total. The van der Waals surface area contributed by atoms with Crippen LogP contribution in [0.4, 0.5) is 0 Å². The molecule has 16 heavy (non-hydrogen) atoms. The van der Waals surface area contributed by atoms with Gasteiger partial charge in [-0.2, -0.15) is 0 Å². The lowest BCUT2D eigenvalue weighted by molar-refractivity contribution is 0.0928. The average molecular weight is 239 g/mol. The second-order valence-electron chi connectivity index (χ2n) is 3.42. The van der Waals surface area contributed by atoms with E-state index in [1.807, 2.05) is 24.3 Å². The first-order valence-corrected chi connectivity index (χ1v) is 5.61. The molecule has 0 saturated carbocycles. The minimum absolute atomic E-state index is 0.413. The van der Waals surface area contributed by atoms with Crippen molar-refractivity contribution in [1.82, 2.24) is 0 Å². The van der Waals surface area contributed by atoms with Gasteiger partial charge in [-0.15, -0.1) is 0 Å². The van der Waals surface area contributed by atoms with E-state index in [4.69, 9.17) is 27.4 Å². The van der Waals surface area contributed by atoms with E-state index in [2.05, 4.69) is 0 Å². The minimum Gasteiger partial charge on any atom is -0.389 e. The monoisotopic (exact) mass is 239 g/mol. The molecule has 1 rings (SSSR count). The minimum atomic E-state index is 0.413. The van der Waals surface area contributed by atoms with E-state index < -0.39 is 0 Å². The van der Waals surface area contributed by atoms with E-state index >= 15 is 0 Å². The van der Waals surface area contributed by atoms with Crippen LogP contribution in [0.5, 0.6) is 0 Å². The molecule has 0 aliphatic carbocycles. The van der Waals surface area contributed by atoms with Gasteiger partial charge in [0.1, 0.15) is 4.99 Å². The van der Waals surface area contributed by atoms with E-state index in [1.54, 1.807) is 7.11 Å². The van der Waals surface area contributed by atoms with Crippen LogP contribution >= 0.6 is 12.2 Å². The van der Waals surface area contributed by atoms with Crippen LogP contribution in [0.2, 0.25) is 0 Å². The molecule has 0 fully saturated rings. The molecule has 0 bridgehead atoms. The molecule has 0 spiro atoms. The third kappa shape index (κ3) is 4.26. The van der Waals surface area contributed by atoms with E-state index in [9.17, 15) is 0 Å². The van der Waals surface area contributed by atoms with E-state index in [0.29, 0.717) is 18.2 Å². The van der Waals surface area contributed by atoms with Crippen LogP contribution in [-0.4, -0.2) is 25.3 Å². The standard InChI is InChI=1S/C12H17NO2S/c1-14-7-4-8-15-9-10-5-2-3-6-11(10)12(13)16/h2-3,5-6H,4,7-9H2,1H3,(H2,13,16). The summed E-state index contributed by atoms with van der Waals surface area (Å²) in [5.74, 6) is 0. The van der Waals surface area contributed by atoms with Crippen molar-refractivity contribution in [2.45, 2.75) is 13.0 Å². The van der Waals surface area contributed by atoms with Crippen LogP contribution in [0.15, 0.2) is 24.3 Å². The SMILES string of the molecule is COCCCOCc1ccccc1C(N)=S. The lowest BCUT2D eigenvalue weighted by atomic mass is 10.1. The molecule has 1 aromatic rings. The maximum Gasteiger partial charge on any atom is 0.104 e. The summed E-state index contributed by atoms with van der Waals surface area (Å²) in [7, 11) is 1.68. The summed E-state index contributed by atoms with van der Waals surface area (Å²) < 4.78 is 10.5. The molecule has 0 aromatic heterocycles. The van der Waals surface area contributed by atoms with Crippen molar-refractivity contribution in [3.63, 3.8) is 0 Å². The first-order valence-electron chi connectivity index (χ1n) is 5.20. The maximum atomic E-state index is 5.62. The Morgan fingerprint density at radius 2 is 2.06 bits per heavy atom. The molecule has 4 heteroatoms. The van der Waals surface area contributed by atoms with E-state index in [1.165, 1.54) is 0 Å². The predicted octanol–water partition coefficient (Wildman–Crippen LogP) is 1.87. The Kier molecular flexibility index (Phi) is 6.00. The molecule has 0 heterocycles. The lowest BCUT2D eigenvalue weighted by Gasteiger charge is -2.08. The zero-order chi connectivity index (χ0) is 11.8. The van der Waals surface area contributed by atoms with Crippen LogP contribution in [0.1, 0.15) is 17.5 Å². The predicted molar refractivity (Wildman–Crippen MR) is 68.5 cm³/mol. The van der Waals surface area contributed by atoms with E-state index in [0.717, 1.165) is 24.2 Å². The van der Waals surface area contributed by atoms with Crippen molar-refractivity contribution in [3.05, 3.63) is 35.4 Å². The number of thiocarbonyl (C=S) groups is 1. The number of methoxy groups -OCH3 is 1. The van der Waals surface area contributed by atoms with Crippen molar-refractivity contribution in [2.24, 2.45) is 5.73 Å². The Bertz CT molecular complexity index is 342. The van der Waals surface area contributed by atoms with Gasteiger partial charge in [0.05, 0.1) is 6.61 Å². The van der Waals surface area contributed by atoms with Gasteiger partial charge in [0.2, 0.25) is 0 Å². The molecule has 0 aliphatic rings. The first kappa shape index (κ1) is 13.1. The molecule has 0 amide bonds. The summed E-state index contributed by atoms with van der Waals surface area (Å²) in [6.45, 7) is 1.94. The fourth-order valence-corrected chi connectivity index (χ4v) is 1.57. The van der Waals surface area contributed by atoms with Gasteiger partial charge >= 0.3 is 0 Å². The van der Waals surface area contributed by atoms with E-state index in [-0.39, 0.29) is 0 Å². The summed E-state index contributed by atoms with van der Waals surface area (Å²) in [5, 5.41) is 0. The highest BCUT2D eigenvalue weighted by Gasteiger charge is 2.03. The van der Waals surface area contributed by atoms with Crippen molar-refractivity contribution in [2.75, 3.05) is 20.3 Å². The fraction of sp³-hybridized carbons (Fsp3) is 0.417. The summed E-state index contributed by atoms with van der Waals surface area (Å²) in [4.78, 5) is 0.413. The smallest absolute Gasteiger partial charge is 0.104 e. The molecule has 1 aromatic carbocycles. The first-order chi connectivity index (χ1) is 7.75. The lowest BCUT2D eigenvalue weighted by Crippen LogP contribution is -2.13. The molecule has 0 aliphatic heterocycles. The van der Waals surface area contributed by atoms with Gasteiger partial charge < -0.3 is 15.2 Å². The highest BCUT2D eigenvalue weighted by Crippen LogP contribution is 2.10. The third-order valence-corrected chi connectivity index (χ3v) is 2.40. The van der Waals surface area contributed by atoms with Crippen LogP contribution in [0.25, 0.3) is 0 Å². The summed E-state index contributed by atoms with van der Waals surface area (Å²) in [6.07, 6.45) is 0.895. The molecule has 0 saturated heterocycles. The Balaban J connectivity index is 2.44. The maximum absolute atomic E-state index is 5.62. The zero-order valence-corrected chi connectivity index (χ0v) is 10.3. The largest absolute Gasteiger partial charge is 0.389 e. The Labute approximate surface area is 102 Å². The highest BCUT2D eigenvalue weighted by atomic mass is 32.1. The van der Waals surface area contributed by atoms with Gasteiger partial charge in [0.25, 0.3) is 0 Å². The van der Waals surface area contributed by atoms with Crippen LogP contribution in [0.3, 0.4) is 0 Å². The number of hydrogen-bond donors (Lipinski definition) is 1.